The second-order valence-electron chi connectivity index (χ2n) is 0.956. The average molecular weight is 166 g/mol. The minimum absolute atomic E-state index is 0. The summed E-state index contributed by atoms with van der Waals surface area (Å²) < 4.78 is 4.43. The standard InChI is InChI=1S/C5H8O2.Zn/c1-3-5(6)7-4-2;/h3H,1,4H2,2H3;. The maximum atomic E-state index is 10.1. The van der Waals surface area contributed by atoms with E-state index in [1.807, 2.05) is 0 Å². The fourth-order valence-electron chi connectivity index (χ4n) is 0.201. The van der Waals surface area contributed by atoms with Crippen molar-refractivity contribution in [3.05, 3.63) is 12.7 Å². The van der Waals surface area contributed by atoms with Gasteiger partial charge in [-0.1, -0.05) is 6.58 Å². The Morgan fingerprint density at radius 3 is 2.50 bits per heavy atom. The molecular weight excluding hydrogens is 157 g/mol. The molecule has 0 heterocycles. The minimum Gasteiger partial charge on any atom is -0.463 e. The summed E-state index contributed by atoms with van der Waals surface area (Å²) in [6.07, 6.45) is 1.14. The monoisotopic (exact) mass is 164 g/mol. The quantitative estimate of drug-likeness (QED) is 0.343. The van der Waals surface area contributed by atoms with Gasteiger partial charge in [-0.3, -0.25) is 0 Å². The Balaban J connectivity index is 0. The molecule has 0 unspecified atom stereocenters. The van der Waals surface area contributed by atoms with Crippen LogP contribution < -0.4 is 0 Å². The zero-order valence-corrected chi connectivity index (χ0v) is 7.98. The van der Waals surface area contributed by atoms with Crippen LogP contribution in [0.15, 0.2) is 12.7 Å². The Kier molecular flexibility index (Phi) is 9.18. The molecular formula is C5H8O2Zn. The molecule has 0 aliphatic carbocycles. The number of rotatable bonds is 2. The van der Waals surface area contributed by atoms with Gasteiger partial charge in [0, 0.05) is 25.6 Å². The van der Waals surface area contributed by atoms with Gasteiger partial charge >= 0.3 is 5.97 Å². The van der Waals surface area contributed by atoms with Crippen molar-refractivity contribution in [3.63, 3.8) is 0 Å². The fraction of sp³-hybridized carbons (Fsp3) is 0.400. The maximum Gasteiger partial charge on any atom is 0.330 e. The zero-order valence-electron chi connectivity index (χ0n) is 5.02. The van der Waals surface area contributed by atoms with Crippen molar-refractivity contribution in [3.8, 4) is 0 Å². The molecule has 0 amide bonds. The summed E-state index contributed by atoms with van der Waals surface area (Å²) >= 11 is 0. The molecule has 2 nitrogen and oxygen atoms in total. The summed E-state index contributed by atoms with van der Waals surface area (Å²) in [7, 11) is 0. The topological polar surface area (TPSA) is 26.3 Å². The molecule has 0 N–H and O–H groups in total. The van der Waals surface area contributed by atoms with Crippen LogP contribution in [-0.2, 0) is 29.0 Å². The third-order valence-corrected chi connectivity index (χ3v) is 0.453. The van der Waals surface area contributed by atoms with Gasteiger partial charge in [-0.05, 0) is 6.92 Å². The van der Waals surface area contributed by atoms with Gasteiger partial charge < -0.3 is 4.74 Å². The van der Waals surface area contributed by atoms with Gasteiger partial charge in [-0.25, -0.2) is 4.79 Å². The van der Waals surface area contributed by atoms with Gasteiger partial charge in [0.1, 0.15) is 0 Å². The normalized spacial score (nSPS) is 6.62. The van der Waals surface area contributed by atoms with E-state index in [1.165, 1.54) is 0 Å². The summed E-state index contributed by atoms with van der Waals surface area (Å²) in [6, 6.07) is 0. The van der Waals surface area contributed by atoms with Crippen LogP contribution in [0.1, 0.15) is 6.92 Å². The first-order valence-corrected chi connectivity index (χ1v) is 2.10. The molecule has 0 aromatic rings. The van der Waals surface area contributed by atoms with Crippen LogP contribution in [0.4, 0.5) is 0 Å². The van der Waals surface area contributed by atoms with Gasteiger partial charge in [-0.2, -0.15) is 0 Å². The van der Waals surface area contributed by atoms with Gasteiger partial charge in [0.15, 0.2) is 0 Å². The Morgan fingerprint density at radius 2 is 2.38 bits per heavy atom. The van der Waals surface area contributed by atoms with Crippen LogP contribution in [0.3, 0.4) is 0 Å². The number of esters is 1. The third-order valence-electron chi connectivity index (χ3n) is 0.453. The van der Waals surface area contributed by atoms with Crippen molar-refractivity contribution in [1.29, 1.82) is 0 Å². The van der Waals surface area contributed by atoms with E-state index in [2.05, 4.69) is 11.3 Å². The van der Waals surface area contributed by atoms with Crippen LogP contribution in [0.2, 0.25) is 0 Å². The Labute approximate surface area is 61.7 Å². The second-order valence-corrected chi connectivity index (χ2v) is 0.956. The van der Waals surface area contributed by atoms with E-state index >= 15 is 0 Å². The van der Waals surface area contributed by atoms with Crippen LogP contribution in [-0.4, -0.2) is 12.6 Å². The molecule has 3 heteroatoms. The van der Waals surface area contributed by atoms with E-state index in [1.54, 1.807) is 6.92 Å². The number of ether oxygens (including phenoxy) is 1. The van der Waals surface area contributed by atoms with Gasteiger partial charge in [0.2, 0.25) is 0 Å². The Bertz CT molecular complexity index is 80.5. The molecule has 0 fully saturated rings. The van der Waals surface area contributed by atoms with E-state index in [0.29, 0.717) is 6.61 Å². The van der Waals surface area contributed by atoms with Crippen LogP contribution in [0, 0.1) is 0 Å². The fourth-order valence-corrected chi connectivity index (χ4v) is 0.201. The molecule has 0 spiro atoms. The second kappa shape index (κ2) is 6.83. The van der Waals surface area contributed by atoms with Crippen molar-refractivity contribution in [2.75, 3.05) is 6.61 Å². The van der Waals surface area contributed by atoms with E-state index in [4.69, 9.17) is 0 Å². The SMILES string of the molecule is C=CC(=O)OCC.[Zn]. The summed E-state index contributed by atoms with van der Waals surface area (Å²) in [5.74, 6) is -0.359. The van der Waals surface area contributed by atoms with Gasteiger partial charge in [0.25, 0.3) is 0 Å². The molecule has 0 rings (SSSR count). The summed E-state index contributed by atoms with van der Waals surface area (Å²) in [4.78, 5) is 10.1. The Hall–Kier alpha value is -0.167. The average Bonchev–Trinajstić information content (AvgIpc) is 1.68. The molecule has 42 valence electrons. The summed E-state index contributed by atoms with van der Waals surface area (Å²) in [6.45, 7) is 5.38. The van der Waals surface area contributed by atoms with E-state index in [-0.39, 0.29) is 25.4 Å². The summed E-state index contributed by atoms with van der Waals surface area (Å²) in [5.41, 5.74) is 0. The smallest absolute Gasteiger partial charge is 0.330 e. The van der Waals surface area contributed by atoms with Crippen molar-refractivity contribution < 1.29 is 29.0 Å². The molecule has 0 saturated heterocycles. The first-order valence-electron chi connectivity index (χ1n) is 2.10. The van der Waals surface area contributed by atoms with Crippen molar-refractivity contribution in [2.45, 2.75) is 6.92 Å². The van der Waals surface area contributed by atoms with Gasteiger partial charge in [0.05, 0.1) is 6.61 Å². The molecule has 0 saturated carbocycles. The van der Waals surface area contributed by atoms with Crippen LogP contribution in [0.5, 0.6) is 0 Å². The largest absolute Gasteiger partial charge is 0.463 e. The molecule has 0 bridgehead atoms. The van der Waals surface area contributed by atoms with Crippen molar-refractivity contribution in [1.82, 2.24) is 0 Å². The predicted molar refractivity (Wildman–Crippen MR) is 26.8 cm³/mol. The van der Waals surface area contributed by atoms with Crippen LogP contribution in [0.25, 0.3) is 0 Å². The molecule has 0 atom stereocenters. The third kappa shape index (κ3) is 5.83. The number of hydrogen-bond donors (Lipinski definition) is 0. The minimum atomic E-state index is -0.359. The number of hydrogen-bond acceptors (Lipinski definition) is 2. The Morgan fingerprint density at radius 1 is 1.88 bits per heavy atom. The molecule has 0 aromatic carbocycles. The van der Waals surface area contributed by atoms with E-state index in [9.17, 15) is 4.79 Å². The predicted octanol–water partition coefficient (Wildman–Crippen LogP) is 0.733. The first kappa shape index (κ1) is 10.7. The van der Waals surface area contributed by atoms with Crippen LogP contribution >= 0.6 is 0 Å². The molecule has 8 heavy (non-hydrogen) atoms. The number of carbonyl (C=O) groups excluding carboxylic acids is 1. The van der Waals surface area contributed by atoms with Crippen molar-refractivity contribution in [2.24, 2.45) is 0 Å². The maximum absolute atomic E-state index is 10.1. The molecule has 0 aliphatic rings. The zero-order chi connectivity index (χ0) is 5.70. The first-order chi connectivity index (χ1) is 3.31. The molecule has 0 aliphatic heterocycles. The summed E-state index contributed by atoms with van der Waals surface area (Å²) in [5, 5.41) is 0. The number of carbonyl (C=O) groups is 1. The van der Waals surface area contributed by atoms with E-state index in [0.717, 1.165) is 6.08 Å². The van der Waals surface area contributed by atoms with Crippen molar-refractivity contribution >= 4 is 5.97 Å². The molecule has 0 aromatic heterocycles. The molecule has 0 radical (unpaired) electrons. The van der Waals surface area contributed by atoms with E-state index < -0.39 is 0 Å². The van der Waals surface area contributed by atoms with Gasteiger partial charge in [-0.15, -0.1) is 0 Å².